The lowest BCUT2D eigenvalue weighted by molar-refractivity contribution is -0.274. The van der Waals surface area contributed by atoms with Gasteiger partial charge in [-0.05, 0) is 212 Å². The minimum Gasteiger partial charge on any atom is -0.508 e. The summed E-state index contributed by atoms with van der Waals surface area (Å²) in [5, 5.41) is 16.6. The van der Waals surface area contributed by atoms with Gasteiger partial charge in [0.05, 0.1) is 10.6 Å². The monoisotopic (exact) mass is 1180 g/mol. The highest BCUT2D eigenvalue weighted by atomic mass is 32.2. The summed E-state index contributed by atoms with van der Waals surface area (Å²) >= 11 is 0. The number of hydrogen-bond acceptors (Lipinski definition) is 10. The van der Waals surface area contributed by atoms with Crippen molar-refractivity contribution in [2.75, 3.05) is 9.44 Å². The van der Waals surface area contributed by atoms with Crippen molar-refractivity contribution in [3.8, 4) is 23.0 Å². The molecule has 2 aliphatic carbocycles. The Kier molecular flexibility index (Phi) is 18.7. The molecule has 8 rings (SSSR count). The van der Waals surface area contributed by atoms with E-state index < -0.39 is 43.0 Å². The van der Waals surface area contributed by atoms with Gasteiger partial charge >= 0.3 is 6.36 Å². The molecule has 20 heteroatoms. The number of aromatic hydroxyl groups is 1. The first kappa shape index (κ1) is 62.9. The largest absolute Gasteiger partial charge is 0.573 e. The van der Waals surface area contributed by atoms with Gasteiger partial charge in [0.1, 0.15) is 40.4 Å². The summed E-state index contributed by atoms with van der Waals surface area (Å²) in [6, 6.07) is 23.6. The molecule has 6 aromatic rings. The number of ketones is 2. The van der Waals surface area contributed by atoms with Gasteiger partial charge in [0, 0.05) is 63.7 Å². The van der Waals surface area contributed by atoms with Crippen LogP contribution in [-0.2, 0) is 38.9 Å². The van der Waals surface area contributed by atoms with E-state index in [1.807, 2.05) is 39.8 Å². The van der Waals surface area contributed by atoms with Gasteiger partial charge in [0.25, 0.3) is 21.8 Å². The number of nitrogens with one attached hydrogen (secondary N) is 4. The minimum atomic E-state index is -4.84. The van der Waals surface area contributed by atoms with Gasteiger partial charge < -0.3 is 29.9 Å². The quantitative estimate of drug-likeness (QED) is 0.0385. The fraction of sp³-hybridized carbons (Fsp3) is 0.333. The zero-order valence-electron chi connectivity index (χ0n) is 47.8. The van der Waals surface area contributed by atoms with E-state index in [1.165, 1.54) is 74.5 Å². The minimum absolute atomic E-state index is 0.0276. The van der Waals surface area contributed by atoms with Crippen LogP contribution in [0.3, 0.4) is 0 Å². The number of alkyl halides is 3. The third kappa shape index (κ3) is 16.7. The van der Waals surface area contributed by atoms with E-state index in [1.54, 1.807) is 45.0 Å². The number of carbonyl (C=O) groups is 4. The van der Waals surface area contributed by atoms with Crippen molar-refractivity contribution < 1.29 is 64.1 Å². The molecule has 0 radical (unpaired) electrons. The highest BCUT2D eigenvalue weighted by Crippen LogP contribution is 2.43. The molecule has 0 heterocycles. The van der Waals surface area contributed by atoms with Gasteiger partial charge in [-0.25, -0.2) is 17.2 Å². The van der Waals surface area contributed by atoms with Crippen LogP contribution in [0, 0.1) is 32.4 Å². The SMILES string of the molecule is C=S(=C)(Nc1cc(C(=O)NC2(C)CCC2)ccc1Cc1cc(F)c(CC(C)=O)cc1O)c1ccc(OC(F)(F)F)cc1C.CC(=O)Cc1cc(C)c(Oc2ccc(C(=O)NC(C)(C)C)cc2NS(=O)(=O)c2ccc(C3CC3)cc2C)cc1F. The third-order valence-corrected chi connectivity index (χ3v) is 17.4. The number of amides is 2. The van der Waals surface area contributed by atoms with E-state index in [-0.39, 0.29) is 104 Å². The van der Waals surface area contributed by atoms with Crippen molar-refractivity contribution in [2.45, 2.75) is 147 Å². The number of ether oxygens (including phenoxy) is 2. The summed E-state index contributed by atoms with van der Waals surface area (Å²) in [5.74, 6) is 6.29. The summed E-state index contributed by atoms with van der Waals surface area (Å²) in [7, 11) is -6.49. The van der Waals surface area contributed by atoms with E-state index in [9.17, 15) is 54.7 Å². The second-order valence-corrected chi connectivity index (χ2v) is 26.9. The number of rotatable bonds is 19. The fourth-order valence-electron chi connectivity index (χ4n) is 9.52. The first-order valence-electron chi connectivity index (χ1n) is 26.7. The molecule has 5 N–H and O–H groups in total. The highest BCUT2D eigenvalue weighted by Gasteiger charge is 2.34. The molecular formula is C63H69F5N4O9S2. The Morgan fingerprint density at radius 1 is 0.675 bits per heavy atom. The molecule has 2 aliphatic rings. The topological polar surface area (TPSA) is 189 Å². The van der Waals surface area contributed by atoms with Gasteiger partial charge in [-0.3, -0.25) is 23.9 Å². The Bertz CT molecular complexity index is 3760. The van der Waals surface area contributed by atoms with Gasteiger partial charge in [-0.15, -0.1) is 22.6 Å². The number of aryl methyl sites for hydroxylation is 3. The maximum absolute atomic E-state index is 14.8. The lowest BCUT2D eigenvalue weighted by atomic mass is 9.78. The second-order valence-electron chi connectivity index (χ2n) is 22.8. The number of phenols is 1. The molecule has 2 amide bonds. The highest BCUT2D eigenvalue weighted by molar-refractivity contribution is 8.28. The van der Waals surface area contributed by atoms with Crippen molar-refractivity contribution in [3.63, 3.8) is 0 Å². The van der Waals surface area contributed by atoms with Crippen LogP contribution < -0.4 is 29.6 Å². The van der Waals surface area contributed by atoms with E-state index in [0.717, 1.165) is 37.7 Å². The predicted octanol–water partition coefficient (Wildman–Crippen LogP) is 13.8. The number of sulfonamides is 1. The number of anilines is 2. The standard InChI is InChI=1S/C32H34F4N2O4S.C31H35FN2O5S/c1-19-13-25(42-32(34,35)36)9-10-29(19)43(4,5)38-27-17-22(30(41)37-31(3)11-6-12-31)8-7-21(27)15-24-16-26(33)23(14-20(2)39)18-28(24)40;1-18-13-24(15-20(3)35)25(32)17-28(18)39-27-11-9-23(30(36)33-31(4,5)6)16-26(27)34-40(37,38)29-12-10-22(14-19(29)2)21-7-8-21/h7-10,13,16-18,38,40H,4-6,11-12,14-15H2,1-3H3,(H,37,41);9-14,16-17,21,34H,7-8,15H2,1-6H3,(H,33,36). The van der Waals surface area contributed by atoms with Crippen LogP contribution in [0.25, 0.3) is 0 Å². The molecule has 0 aliphatic heterocycles. The second kappa shape index (κ2) is 24.6. The first-order valence-corrected chi connectivity index (χ1v) is 30.2. The van der Waals surface area contributed by atoms with E-state index in [4.69, 9.17) is 4.74 Å². The lowest BCUT2D eigenvalue weighted by Crippen LogP contribution is -2.50. The van der Waals surface area contributed by atoms with Crippen molar-refractivity contribution in [1.82, 2.24) is 10.6 Å². The van der Waals surface area contributed by atoms with E-state index in [2.05, 4.69) is 36.6 Å². The van der Waals surface area contributed by atoms with Crippen LogP contribution in [0.4, 0.5) is 33.3 Å². The maximum Gasteiger partial charge on any atom is 0.573 e. The molecule has 2 saturated carbocycles. The molecule has 6 aromatic carbocycles. The van der Waals surface area contributed by atoms with E-state index in [0.29, 0.717) is 44.3 Å². The Morgan fingerprint density at radius 3 is 1.84 bits per heavy atom. The van der Waals surface area contributed by atoms with Crippen molar-refractivity contribution >= 4 is 65.9 Å². The zero-order chi connectivity index (χ0) is 61.1. The van der Waals surface area contributed by atoms with Crippen molar-refractivity contribution in [2.24, 2.45) is 0 Å². The lowest BCUT2D eigenvalue weighted by Gasteiger charge is -2.39. The molecule has 0 atom stereocenters. The molecule has 83 heavy (non-hydrogen) atoms. The van der Waals surface area contributed by atoms with Gasteiger partial charge in [0.2, 0.25) is 0 Å². The molecule has 442 valence electrons. The predicted molar refractivity (Wildman–Crippen MR) is 316 cm³/mol. The summed E-state index contributed by atoms with van der Waals surface area (Å²) < 4.78 is 111. The number of carbonyl (C=O) groups excluding carboxylic acids is 4. The summed E-state index contributed by atoms with van der Waals surface area (Å²) in [6.45, 7) is 15.3. The smallest absolute Gasteiger partial charge is 0.508 e. The summed E-state index contributed by atoms with van der Waals surface area (Å²) in [5.41, 5.74) is 4.16. The van der Waals surface area contributed by atoms with Crippen molar-refractivity contribution in [1.29, 1.82) is 0 Å². The van der Waals surface area contributed by atoms with Crippen LogP contribution >= 0.6 is 9.39 Å². The number of Topliss-reactive ketones (excluding diaryl/α,β-unsaturated/α-hetero) is 2. The zero-order valence-corrected chi connectivity index (χ0v) is 49.4. The first-order chi connectivity index (χ1) is 38.6. The van der Waals surface area contributed by atoms with Crippen LogP contribution in [0.2, 0.25) is 0 Å². The van der Waals surface area contributed by atoms with E-state index >= 15 is 0 Å². The Labute approximate surface area is 482 Å². The van der Waals surface area contributed by atoms with Crippen LogP contribution in [-0.4, -0.2) is 66.1 Å². The van der Waals surface area contributed by atoms with Gasteiger partial charge in [-0.2, -0.15) is 0 Å². The molecule has 0 unspecified atom stereocenters. The molecule has 2 fully saturated rings. The molecular weight excluding hydrogens is 1120 g/mol. The van der Waals surface area contributed by atoms with Gasteiger partial charge in [0.15, 0.2) is 5.75 Å². The Balaban J connectivity index is 0.000000239. The Hall–Kier alpha value is -7.71. The van der Waals surface area contributed by atoms with Crippen LogP contribution in [0.15, 0.2) is 107 Å². The average Bonchev–Trinajstić information content (AvgIpc) is 4.35. The number of phenolic OH excluding ortho intramolecular Hbond substituents is 1. The number of halogens is 5. The summed E-state index contributed by atoms with van der Waals surface area (Å²) in [4.78, 5) is 49.7. The third-order valence-electron chi connectivity index (χ3n) is 13.9. The van der Waals surface area contributed by atoms with Gasteiger partial charge in [-0.1, -0.05) is 29.9 Å². The fourth-order valence-corrected chi connectivity index (χ4v) is 12.5. The Morgan fingerprint density at radius 2 is 1.27 bits per heavy atom. The molecule has 0 bridgehead atoms. The molecule has 0 saturated heterocycles. The number of hydrogen-bond donors (Lipinski definition) is 5. The van der Waals surface area contributed by atoms with Crippen LogP contribution in [0.5, 0.6) is 23.0 Å². The maximum atomic E-state index is 14.8. The normalized spacial score (nSPS) is 14.0. The number of benzene rings is 6. The molecule has 13 nitrogen and oxygen atoms in total. The van der Waals surface area contributed by atoms with Crippen LogP contribution in [0.1, 0.15) is 145 Å². The van der Waals surface area contributed by atoms with Crippen molar-refractivity contribution in [3.05, 3.63) is 164 Å². The average molecular weight is 1190 g/mol. The summed E-state index contributed by atoms with van der Waals surface area (Å²) in [6.07, 6.45) is -0.0346. The molecule has 0 spiro atoms. The molecule has 0 aromatic heterocycles.